The second-order valence-corrected chi connectivity index (χ2v) is 17.3. The van der Waals surface area contributed by atoms with E-state index < -0.39 is 19.9 Å². The quantitative estimate of drug-likeness (QED) is 0.502. The number of nitrogens with zero attached hydrogens (tertiary/aromatic N) is 4. The van der Waals surface area contributed by atoms with Crippen molar-refractivity contribution in [3.63, 3.8) is 0 Å². The van der Waals surface area contributed by atoms with E-state index in [9.17, 15) is 4.79 Å². The Morgan fingerprint density at radius 2 is 1.74 bits per heavy atom. The SMILES string of the molecule is CC(C)(C)C(=O)Nc1ncnc2c1ncn2[C@@]12O[C@@H]1[C@@H]1O[Si](C(C)(C)C)(C(C)(C)C)OC[C@H]1O2. The number of carbonyl (C=O) groups is 1. The minimum Gasteiger partial charge on any atom is -0.391 e. The Morgan fingerprint density at radius 3 is 2.35 bits per heavy atom. The number of amides is 1. The van der Waals surface area contributed by atoms with Gasteiger partial charge in [-0.2, -0.15) is 0 Å². The number of fused-ring (bicyclic) bond motifs is 4. The number of epoxide rings is 1. The normalized spacial score (nSPS) is 30.7. The number of aromatic nitrogens is 4. The van der Waals surface area contributed by atoms with Crippen LogP contribution in [0.3, 0.4) is 0 Å². The second-order valence-electron chi connectivity index (χ2n) is 12.5. The molecule has 0 saturated carbocycles. The van der Waals surface area contributed by atoms with Gasteiger partial charge in [0.15, 0.2) is 23.1 Å². The summed E-state index contributed by atoms with van der Waals surface area (Å²) in [5.74, 6) is -0.841. The van der Waals surface area contributed by atoms with Crippen molar-refractivity contribution in [2.75, 3.05) is 11.9 Å². The molecule has 11 heteroatoms. The molecule has 0 aliphatic carbocycles. The monoisotopic (exact) mass is 489 g/mol. The van der Waals surface area contributed by atoms with Gasteiger partial charge < -0.3 is 23.6 Å². The first-order chi connectivity index (χ1) is 15.6. The van der Waals surface area contributed by atoms with E-state index in [1.165, 1.54) is 6.33 Å². The third kappa shape index (κ3) is 3.28. The molecule has 0 spiro atoms. The molecule has 10 nitrogen and oxygen atoms in total. The Morgan fingerprint density at radius 1 is 1.06 bits per heavy atom. The van der Waals surface area contributed by atoms with Crippen molar-refractivity contribution >= 4 is 31.4 Å². The van der Waals surface area contributed by atoms with E-state index in [1.54, 1.807) is 10.9 Å². The molecule has 3 fully saturated rings. The summed E-state index contributed by atoms with van der Waals surface area (Å²) in [6, 6.07) is 0. The van der Waals surface area contributed by atoms with Gasteiger partial charge in [0.2, 0.25) is 5.91 Å². The molecule has 0 unspecified atom stereocenters. The Balaban J connectivity index is 1.46. The van der Waals surface area contributed by atoms with Crippen molar-refractivity contribution in [1.82, 2.24) is 19.5 Å². The van der Waals surface area contributed by atoms with Crippen molar-refractivity contribution in [3.05, 3.63) is 12.7 Å². The van der Waals surface area contributed by atoms with E-state index >= 15 is 0 Å². The fraction of sp³-hybridized carbons (Fsp3) is 0.739. The van der Waals surface area contributed by atoms with Crippen LogP contribution in [0.25, 0.3) is 11.2 Å². The molecular formula is C23H35N5O5Si. The van der Waals surface area contributed by atoms with Gasteiger partial charge in [-0.1, -0.05) is 62.3 Å². The average Bonchev–Trinajstić information content (AvgIpc) is 3.11. The van der Waals surface area contributed by atoms with Crippen LogP contribution >= 0.6 is 0 Å². The van der Waals surface area contributed by atoms with Gasteiger partial charge in [0.1, 0.15) is 24.9 Å². The molecule has 3 saturated heterocycles. The van der Waals surface area contributed by atoms with Crippen LogP contribution in [0.5, 0.6) is 0 Å². The fourth-order valence-corrected chi connectivity index (χ4v) is 10.2. The molecule has 5 rings (SSSR count). The van der Waals surface area contributed by atoms with Crippen LogP contribution in [0, 0.1) is 5.41 Å². The molecule has 0 aromatic carbocycles. The lowest BCUT2D eigenvalue weighted by Gasteiger charge is -2.53. The maximum absolute atomic E-state index is 12.5. The first-order valence-corrected chi connectivity index (χ1v) is 13.6. The van der Waals surface area contributed by atoms with Gasteiger partial charge in [-0.25, -0.2) is 15.0 Å². The Labute approximate surface area is 201 Å². The molecule has 5 heterocycles. The Bertz CT molecular complexity index is 1130. The predicted molar refractivity (Wildman–Crippen MR) is 127 cm³/mol. The molecule has 2 aromatic rings. The number of hydrogen-bond donors (Lipinski definition) is 1. The van der Waals surface area contributed by atoms with Gasteiger partial charge in [0, 0.05) is 15.5 Å². The van der Waals surface area contributed by atoms with E-state index in [2.05, 4.69) is 61.8 Å². The number of hydrogen-bond acceptors (Lipinski definition) is 8. The summed E-state index contributed by atoms with van der Waals surface area (Å²) in [7, 11) is -2.66. The van der Waals surface area contributed by atoms with Crippen LogP contribution < -0.4 is 5.32 Å². The first kappa shape index (κ1) is 23.8. The summed E-state index contributed by atoms with van der Waals surface area (Å²) in [5.41, 5.74) is 0.435. The summed E-state index contributed by atoms with van der Waals surface area (Å²) in [6.07, 6.45) is 2.26. The lowest BCUT2D eigenvalue weighted by Crippen LogP contribution is -2.65. The maximum Gasteiger partial charge on any atom is 0.349 e. The van der Waals surface area contributed by atoms with Crippen LogP contribution in [0.1, 0.15) is 62.3 Å². The van der Waals surface area contributed by atoms with Crippen LogP contribution in [0.15, 0.2) is 12.7 Å². The Kier molecular flexibility index (Phi) is 4.95. The Hall–Kier alpha value is -1.92. The number of anilines is 1. The van der Waals surface area contributed by atoms with Crippen molar-refractivity contribution in [2.24, 2.45) is 5.41 Å². The lowest BCUT2D eigenvalue weighted by molar-refractivity contribution is -0.181. The summed E-state index contributed by atoms with van der Waals surface area (Å²) < 4.78 is 27.8. The van der Waals surface area contributed by atoms with E-state index in [-0.39, 0.29) is 34.3 Å². The molecule has 186 valence electrons. The standard InChI is InChI=1S/C23H35N5O5Si/c1-20(2,3)19(29)27-17-14-18(25-11-24-17)28(12-26-14)23-16(32-23)15-13(31-23)10-30-34(33-15,21(4,5)6)22(7,8)9/h11-13,15-16H,10H2,1-9H3,(H,24,25,27,29)/t13-,15-,16-,23+/m1/s1. The molecule has 4 atom stereocenters. The second kappa shape index (κ2) is 7.07. The largest absolute Gasteiger partial charge is 0.391 e. The van der Waals surface area contributed by atoms with Gasteiger partial charge in [0.05, 0.1) is 6.61 Å². The van der Waals surface area contributed by atoms with E-state index in [1.807, 2.05) is 20.8 Å². The molecular weight excluding hydrogens is 454 g/mol. The zero-order valence-corrected chi connectivity index (χ0v) is 22.4. The van der Waals surface area contributed by atoms with Gasteiger partial charge in [-0.3, -0.25) is 9.36 Å². The molecule has 1 amide bonds. The van der Waals surface area contributed by atoms with Crippen molar-refractivity contribution in [2.45, 2.75) is 96.6 Å². The average molecular weight is 490 g/mol. The van der Waals surface area contributed by atoms with E-state index in [4.69, 9.17) is 18.3 Å². The number of imidazole rings is 1. The van der Waals surface area contributed by atoms with Crippen molar-refractivity contribution in [3.8, 4) is 0 Å². The highest BCUT2D eigenvalue weighted by molar-refractivity contribution is 6.73. The van der Waals surface area contributed by atoms with Gasteiger partial charge in [0.25, 0.3) is 5.91 Å². The highest BCUT2D eigenvalue weighted by atomic mass is 28.4. The fourth-order valence-electron chi connectivity index (χ4n) is 5.30. The number of rotatable bonds is 2. The number of ether oxygens (including phenoxy) is 2. The van der Waals surface area contributed by atoms with E-state index in [0.29, 0.717) is 23.6 Å². The van der Waals surface area contributed by atoms with Crippen molar-refractivity contribution < 1.29 is 23.1 Å². The zero-order valence-electron chi connectivity index (χ0n) is 21.4. The van der Waals surface area contributed by atoms with Crippen molar-refractivity contribution in [1.29, 1.82) is 0 Å². The molecule has 0 radical (unpaired) electrons. The van der Waals surface area contributed by atoms with Gasteiger partial charge >= 0.3 is 8.56 Å². The van der Waals surface area contributed by atoms with Crippen LogP contribution in [0.4, 0.5) is 5.82 Å². The maximum atomic E-state index is 12.5. The molecule has 2 aromatic heterocycles. The summed E-state index contributed by atoms with van der Waals surface area (Å²) >= 11 is 0. The summed E-state index contributed by atoms with van der Waals surface area (Å²) in [4.78, 5) is 25.7. The van der Waals surface area contributed by atoms with Crippen LogP contribution in [-0.2, 0) is 29.0 Å². The molecule has 3 aliphatic heterocycles. The number of carbonyl (C=O) groups excluding carboxylic acids is 1. The highest BCUT2D eigenvalue weighted by Crippen LogP contribution is 2.61. The predicted octanol–water partition coefficient (Wildman–Crippen LogP) is 3.68. The minimum absolute atomic E-state index is 0.133. The molecule has 1 N–H and O–H groups in total. The summed E-state index contributed by atoms with van der Waals surface area (Å²) in [6.45, 7) is 19.1. The van der Waals surface area contributed by atoms with Gasteiger partial charge in [-0.15, -0.1) is 0 Å². The molecule has 0 bridgehead atoms. The first-order valence-electron chi connectivity index (χ1n) is 11.8. The zero-order chi connectivity index (χ0) is 24.9. The summed E-state index contributed by atoms with van der Waals surface area (Å²) in [5, 5.41) is 2.60. The van der Waals surface area contributed by atoms with Crippen LogP contribution in [-0.4, -0.2) is 58.9 Å². The third-order valence-electron chi connectivity index (χ3n) is 6.89. The molecule has 3 aliphatic rings. The number of nitrogens with one attached hydrogen (secondary N) is 1. The highest BCUT2D eigenvalue weighted by Gasteiger charge is 2.77. The topological polar surface area (TPSA) is 113 Å². The lowest BCUT2D eigenvalue weighted by atomic mass is 9.96. The van der Waals surface area contributed by atoms with E-state index in [0.717, 1.165) is 0 Å². The molecule has 34 heavy (non-hydrogen) atoms. The smallest absolute Gasteiger partial charge is 0.349 e. The van der Waals surface area contributed by atoms with Crippen LogP contribution in [0.2, 0.25) is 10.1 Å². The minimum atomic E-state index is -2.66. The van der Waals surface area contributed by atoms with Gasteiger partial charge in [-0.05, 0) is 0 Å². The third-order valence-corrected chi connectivity index (χ3v) is 12.0.